The van der Waals surface area contributed by atoms with Gasteiger partial charge in [0.25, 0.3) is 10.0 Å². The van der Waals surface area contributed by atoms with Crippen LogP contribution in [0, 0.1) is 0 Å². The van der Waals surface area contributed by atoms with E-state index in [0.29, 0.717) is 17.3 Å². The monoisotopic (exact) mass is 371 g/mol. The molecular weight excluding hydrogens is 358 g/mol. The second kappa shape index (κ2) is 6.31. The zero-order valence-corrected chi connectivity index (χ0v) is 13.8. The van der Waals surface area contributed by atoms with Crippen LogP contribution in [0.25, 0.3) is 0 Å². The number of aromatic nitrogens is 1. The van der Waals surface area contributed by atoms with Crippen molar-refractivity contribution in [2.75, 3.05) is 24.2 Å². The minimum atomic E-state index is -3.68. The third kappa shape index (κ3) is 3.64. The van der Waals surface area contributed by atoms with Crippen LogP contribution in [-0.2, 0) is 10.0 Å². The Balaban J connectivity index is 2.32. The van der Waals surface area contributed by atoms with E-state index in [1.807, 2.05) is 0 Å². The van der Waals surface area contributed by atoms with Gasteiger partial charge in [-0.2, -0.15) is 0 Å². The van der Waals surface area contributed by atoms with Crippen LogP contribution in [0.5, 0.6) is 5.75 Å². The molecule has 0 atom stereocenters. The predicted molar refractivity (Wildman–Crippen MR) is 85.3 cm³/mol. The number of sulfonamides is 1. The van der Waals surface area contributed by atoms with E-state index in [4.69, 9.17) is 4.74 Å². The van der Waals surface area contributed by atoms with Gasteiger partial charge in [-0.3, -0.25) is 4.72 Å². The molecule has 8 heteroatoms. The summed E-state index contributed by atoms with van der Waals surface area (Å²) in [7, 11) is -0.498. The molecule has 112 valence electrons. The van der Waals surface area contributed by atoms with Crippen molar-refractivity contribution >= 4 is 37.5 Å². The molecule has 21 heavy (non-hydrogen) atoms. The first-order valence-corrected chi connectivity index (χ1v) is 8.24. The Bertz CT molecular complexity index is 750. The summed E-state index contributed by atoms with van der Waals surface area (Å²) in [5.74, 6) is 1.02. The van der Waals surface area contributed by atoms with Crippen LogP contribution in [0.3, 0.4) is 0 Å². The van der Waals surface area contributed by atoms with Crippen molar-refractivity contribution in [2.45, 2.75) is 4.90 Å². The molecule has 0 radical (unpaired) electrons. The van der Waals surface area contributed by atoms with Crippen molar-refractivity contribution in [2.24, 2.45) is 0 Å². The SMILES string of the molecule is CNc1cc(S(=O)(=O)Nc2ccc(Br)c(OC)c2)ccn1. The molecule has 0 aliphatic rings. The van der Waals surface area contributed by atoms with Gasteiger partial charge in [-0.1, -0.05) is 0 Å². The Labute approximate surface area is 131 Å². The largest absolute Gasteiger partial charge is 0.495 e. The van der Waals surface area contributed by atoms with Gasteiger partial charge in [0.2, 0.25) is 0 Å². The van der Waals surface area contributed by atoms with E-state index in [-0.39, 0.29) is 4.90 Å². The molecule has 0 bridgehead atoms. The molecule has 0 saturated heterocycles. The minimum Gasteiger partial charge on any atom is -0.495 e. The van der Waals surface area contributed by atoms with E-state index in [2.05, 4.69) is 31.0 Å². The van der Waals surface area contributed by atoms with Crippen molar-refractivity contribution in [1.29, 1.82) is 0 Å². The lowest BCUT2D eigenvalue weighted by Crippen LogP contribution is -2.13. The van der Waals surface area contributed by atoms with Gasteiger partial charge in [0.1, 0.15) is 11.6 Å². The average Bonchev–Trinajstić information content (AvgIpc) is 2.49. The number of nitrogens with one attached hydrogen (secondary N) is 2. The van der Waals surface area contributed by atoms with Crippen molar-refractivity contribution in [3.63, 3.8) is 0 Å². The third-order valence-corrected chi connectivity index (χ3v) is 4.74. The average molecular weight is 372 g/mol. The molecule has 0 aliphatic carbocycles. The second-order valence-corrected chi connectivity index (χ2v) is 6.62. The highest BCUT2D eigenvalue weighted by atomic mass is 79.9. The Morgan fingerprint density at radius 1 is 1.24 bits per heavy atom. The summed E-state index contributed by atoms with van der Waals surface area (Å²) in [4.78, 5) is 4.12. The molecule has 0 saturated carbocycles. The number of hydrogen-bond acceptors (Lipinski definition) is 5. The summed E-state index contributed by atoms with van der Waals surface area (Å²) in [6.45, 7) is 0. The predicted octanol–water partition coefficient (Wildman–Crippen LogP) is 2.70. The van der Waals surface area contributed by atoms with Gasteiger partial charge in [-0.25, -0.2) is 13.4 Å². The van der Waals surface area contributed by atoms with Crippen LogP contribution < -0.4 is 14.8 Å². The Morgan fingerprint density at radius 3 is 2.67 bits per heavy atom. The van der Waals surface area contributed by atoms with Crippen LogP contribution in [0.2, 0.25) is 0 Å². The normalized spacial score (nSPS) is 11.0. The van der Waals surface area contributed by atoms with Gasteiger partial charge < -0.3 is 10.1 Å². The van der Waals surface area contributed by atoms with Crippen molar-refractivity contribution in [1.82, 2.24) is 4.98 Å². The number of benzene rings is 1. The highest BCUT2D eigenvalue weighted by molar-refractivity contribution is 9.10. The van der Waals surface area contributed by atoms with Gasteiger partial charge >= 0.3 is 0 Å². The zero-order chi connectivity index (χ0) is 15.5. The van der Waals surface area contributed by atoms with Crippen LogP contribution in [-0.4, -0.2) is 27.6 Å². The number of nitrogens with zero attached hydrogens (tertiary/aromatic N) is 1. The molecule has 1 aromatic heterocycles. The fourth-order valence-electron chi connectivity index (χ4n) is 1.65. The van der Waals surface area contributed by atoms with E-state index >= 15 is 0 Å². The lowest BCUT2D eigenvalue weighted by molar-refractivity contribution is 0.412. The highest BCUT2D eigenvalue weighted by Gasteiger charge is 2.15. The first-order chi connectivity index (χ1) is 9.96. The third-order valence-electron chi connectivity index (χ3n) is 2.70. The Hall–Kier alpha value is -1.80. The summed E-state index contributed by atoms with van der Waals surface area (Å²) in [6.07, 6.45) is 1.43. The molecule has 0 amide bonds. The number of ether oxygens (including phenoxy) is 1. The summed E-state index contributed by atoms with van der Waals surface area (Å²) in [6, 6.07) is 7.84. The fourth-order valence-corrected chi connectivity index (χ4v) is 3.12. The number of hydrogen-bond donors (Lipinski definition) is 2. The van der Waals surface area contributed by atoms with E-state index in [1.54, 1.807) is 25.2 Å². The van der Waals surface area contributed by atoms with Crippen molar-refractivity contribution < 1.29 is 13.2 Å². The van der Waals surface area contributed by atoms with Gasteiger partial charge in [0, 0.05) is 25.4 Å². The van der Waals surface area contributed by atoms with Crippen LogP contribution >= 0.6 is 15.9 Å². The van der Waals surface area contributed by atoms with Crippen LogP contribution in [0.1, 0.15) is 0 Å². The molecule has 2 aromatic rings. The summed E-state index contributed by atoms with van der Waals surface area (Å²) >= 11 is 3.32. The number of anilines is 2. The maximum absolute atomic E-state index is 12.3. The number of rotatable bonds is 5. The second-order valence-electron chi connectivity index (χ2n) is 4.08. The molecule has 1 heterocycles. The minimum absolute atomic E-state index is 0.128. The number of halogens is 1. The standard InChI is InChI=1S/C13H14BrN3O3S/c1-15-13-8-10(5-6-16-13)21(18,19)17-9-3-4-11(14)12(7-9)20-2/h3-8,17H,1-2H3,(H,15,16). The molecule has 2 rings (SSSR count). The first-order valence-electron chi connectivity index (χ1n) is 5.96. The highest BCUT2D eigenvalue weighted by Crippen LogP contribution is 2.29. The van der Waals surface area contributed by atoms with E-state index in [1.165, 1.54) is 25.4 Å². The number of pyridine rings is 1. The lowest BCUT2D eigenvalue weighted by Gasteiger charge is -2.11. The van der Waals surface area contributed by atoms with Gasteiger partial charge in [0.15, 0.2) is 0 Å². The number of methoxy groups -OCH3 is 1. The molecule has 2 N–H and O–H groups in total. The maximum atomic E-state index is 12.3. The topological polar surface area (TPSA) is 80.3 Å². The first kappa shape index (κ1) is 15.6. The zero-order valence-electron chi connectivity index (χ0n) is 11.4. The molecular formula is C13H14BrN3O3S. The van der Waals surface area contributed by atoms with Gasteiger partial charge in [-0.15, -0.1) is 0 Å². The van der Waals surface area contributed by atoms with Crippen molar-refractivity contribution in [3.05, 3.63) is 41.0 Å². The van der Waals surface area contributed by atoms with Crippen LogP contribution in [0.15, 0.2) is 45.9 Å². The van der Waals surface area contributed by atoms with Crippen LogP contribution in [0.4, 0.5) is 11.5 Å². The molecule has 0 spiro atoms. The molecule has 6 nitrogen and oxygen atoms in total. The van der Waals surface area contributed by atoms with Crippen molar-refractivity contribution in [3.8, 4) is 5.75 Å². The van der Waals surface area contributed by atoms with E-state index in [0.717, 1.165) is 4.47 Å². The smallest absolute Gasteiger partial charge is 0.262 e. The van der Waals surface area contributed by atoms with Gasteiger partial charge in [0.05, 0.1) is 22.2 Å². The van der Waals surface area contributed by atoms with E-state index < -0.39 is 10.0 Å². The lowest BCUT2D eigenvalue weighted by atomic mass is 10.3. The Morgan fingerprint density at radius 2 is 2.00 bits per heavy atom. The molecule has 0 unspecified atom stereocenters. The maximum Gasteiger partial charge on any atom is 0.262 e. The Kier molecular flexibility index (Phi) is 4.69. The fraction of sp³-hybridized carbons (Fsp3) is 0.154. The summed E-state index contributed by atoms with van der Waals surface area (Å²) in [5, 5.41) is 2.80. The summed E-state index contributed by atoms with van der Waals surface area (Å²) in [5.41, 5.74) is 0.415. The molecule has 0 fully saturated rings. The van der Waals surface area contributed by atoms with Gasteiger partial charge in [-0.05, 0) is 34.1 Å². The summed E-state index contributed by atoms with van der Waals surface area (Å²) < 4.78 is 33.1. The molecule has 0 aliphatic heterocycles. The quantitative estimate of drug-likeness (QED) is 0.844. The van der Waals surface area contributed by atoms with E-state index in [9.17, 15) is 8.42 Å². The molecule has 1 aromatic carbocycles.